The van der Waals surface area contributed by atoms with Gasteiger partial charge < -0.3 is 5.32 Å². The van der Waals surface area contributed by atoms with Crippen LogP contribution in [0.3, 0.4) is 0 Å². The highest BCUT2D eigenvalue weighted by Gasteiger charge is 2.32. The summed E-state index contributed by atoms with van der Waals surface area (Å²) in [7, 11) is 2.05. The number of likely N-dealkylation sites (tertiary alicyclic amines) is 1. The largest absolute Gasteiger partial charge is 0.319 e. The van der Waals surface area contributed by atoms with Crippen LogP contribution in [0.5, 0.6) is 0 Å². The van der Waals surface area contributed by atoms with Gasteiger partial charge in [-0.25, -0.2) is 0 Å². The highest BCUT2D eigenvalue weighted by atomic mass is 15.2. The average Bonchev–Trinajstić information content (AvgIpc) is 2.71. The summed E-state index contributed by atoms with van der Waals surface area (Å²) in [6.45, 7) is 13.8. The third kappa shape index (κ3) is 3.83. The lowest BCUT2D eigenvalue weighted by atomic mass is 9.87. The summed E-state index contributed by atoms with van der Waals surface area (Å²) in [5.74, 6) is 0. The van der Waals surface area contributed by atoms with Crippen molar-refractivity contribution in [2.24, 2.45) is 5.41 Å². The number of hydrogen-bond acceptors (Lipinski definition) is 2. The fourth-order valence-corrected chi connectivity index (χ4v) is 3.20. The molecule has 0 saturated carbocycles. The maximum atomic E-state index is 3.33. The van der Waals surface area contributed by atoms with Crippen molar-refractivity contribution in [1.82, 2.24) is 10.2 Å². The molecule has 1 saturated heterocycles. The van der Waals surface area contributed by atoms with E-state index in [1.165, 1.54) is 30.6 Å². The molecular formula is C18H30N2. The molecule has 1 aromatic rings. The zero-order chi connectivity index (χ0) is 14.8. The zero-order valence-electron chi connectivity index (χ0n) is 13.8. The van der Waals surface area contributed by atoms with E-state index < -0.39 is 0 Å². The van der Waals surface area contributed by atoms with Gasteiger partial charge in [-0.15, -0.1) is 0 Å². The molecule has 1 atom stereocenters. The lowest BCUT2D eigenvalue weighted by Crippen LogP contribution is -2.32. The standard InChI is InChI=1S/C18H30N2/c1-17(2,3)16-8-6-15(7-9-16)12-20-11-10-18(4,14-20)13-19-5/h6-9,19H,10-14H2,1-5H3. The van der Waals surface area contributed by atoms with Crippen LogP contribution in [-0.2, 0) is 12.0 Å². The quantitative estimate of drug-likeness (QED) is 0.905. The van der Waals surface area contributed by atoms with Gasteiger partial charge in [0, 0.05) is 19.6 Å². The molecule has 1 fully saturated rings. The number of rotatable bonds is 4. The van der Waals surface area contributed by atoms with E-state index in [1.807, 2.05) is 0 Å². The highest BCUT2D eigenvalue weighted by Crippen LogP contribution is 2.30. The Balaban J connectivity index is 1.95. The Labute approximate surface area is 124 Å². The molecule has 0 bridgehead atoms. The first-order chi connectivity index (χ1) is 9.32. The molecule has 20 heavy (non-hydrogen) atoms. The minimum absolute atomic E-state index is 0.248. The normalized spacial score (nSPS) is 24.2. The Morgan fingerprint density at radius 3 is 2.40 bits per heavy atom. The molecule has 0 aromatic heterocycles. The van der Waals surface area contributed by atoms with Crippen molar-refractivity contribution in [2.75, 3.05) is 26.7 Å². The average molecular weight is 274 g/mol. The molecule has 1 aliphatic rings. The fraction of sp³-hybridized carbons (Fsp3) is 0.667. The summed E-state index contributed by atoms with van der Waals surface area (Å²) in [6, 6.07) is 9.18. The van der Waals surface area contributed by atoms with Crippen molar-refractivity contribution >= 4 is 0 Å². The van der Waals surface area contributed by atoms with Crippen molar-refractivity contribution in [3.8, 4) is 0 Å². The minimum Gasteiger partial charge on any atom is -0.319 e. The van der Waals surface area contributed by atoms with Crippen molar-refractivity contribution in [2.45, 2.75) is 46.1 Å². The third-order valence-electron chi connectivity index (χ3n) is 4.47. The summed E-state index contributed by atoms with van der Waals surface area (Å²) < 4.78 is 0. The second kappa shape index (κ2) is 5.87. The predicted octanol–water partition coefficient (Wildman–Crippen LogP) is 3.42. The van der Waals surface area contributed by atoms with Crippen LogP contribution < -0.4 is 5.32 Å². The molecule has 112 valence electrons. The lowest BCUT2D eigenvalue weighted by Gasteiger charge is -2.24. The monoisotopic (exact) mass is 274 g/mol. The highest BCUT2D eigenvalue weighted by molar-refractivity contribution is 5.27. The Kier molecular flexibility index (Phi) is 4.55. The molecule has 1 aromatic carbocycles. The fourth-order valence-electron chi connectivity index (χ4n) is 3.20. The minimum atomic E-state index is 0.248. The van der Waals surface area contributed by atoms with E-state index >= 15 is 0 Å². The van der Waals surface area contributed by atoms with Gasteiger partial charge >= 0.3 is 0 Å². The second-order valence-electron chi connectivity index (χ2n) is 7.75. The van der Waals surface area contributed by atoms with E-state index in [0.717, 1.165) is 13.1 Å². The number of benzene rings is 1. The van der Waals surface area contributed by atoms with Gasteiger partial charge in [0.25, 0.3) is 0 Å². The maximum absolute atomic E-state index is 3.33. The summed E-state index contributed by atoms with van der Waals surface area (Å²) in [5, 5.41) is 3.33. The molecule has 0 radical (unpaired) electrons. The maximum Gasteiger partial charge on any atom is 0.0233 e. The van der Waals surface area contributed by atoms with Gasteiger partial charge in [-0.3, -0.25) is 4.90 Å². The summed E-state index contributed by atoms with van der Waals surface area (Å²) in [4.78, 5) is 2.59. The van der Waals surface area contributed by atoms with E-state index in [9.17, 15) is 0 Å². The van der Waals surface area contributed by atoms with E-state index in [0.29, 0.717) is 5.41 Å². The summed E-state index contributed by atoms with van der Waals surface area (Å²) in [5.41, 5.74) is 3.55. The SMILES string of the molecule is CNCC1(C)CCN(Cc2ccc(C(C)(C)C)cc2)C1. The van der Waals surface area contributed by atoms with Crippen molar-refractivity contribution in [1.29, 1.82) is 0 Å². The molecular weight excluding hydrogens is 244 g/mol. The number of nitrogens with one attached hydrogen (secondary N) is 1. The van der Waals surface area contributed by atoms with Gasteiger partial charge in [-0.2, -0.15) is 0 Å². The Hall–Kier alpha value is -0.860. The molecule has 0 aliphatic carbocycles. The Bertz CT molecular complexity index is 430. The van der Waals surface area contributed by atoms with Crippen LogP contribution in [0.25, 0.3) is 0 Å². The molecule has 0 amide bonds. The zero-order valence-corrected chi connectivity index (χ0v) is 13.8. The first-order valence-electron chi connectivity index (χ1n) is 7.79. The number of hydrogen-bond donors (Lipinski definition) is 1. The van der Waals surface area contributed by atoms with Crippen LogP contribution in [0, 0.1) is 5.41 Å². The smallest absolute Gasteiger partial charge is 0.0233 e. The molecule has 2 rings (SSSR count). The van der Waals surface area contributed by atoms with Gasteiger partial charge in [0.1, 0.15) is 0 Å². The van der Waals surface area contributed by atoms with Crippen molar-refractivity contribution in [3.05, 3.63) is 35.4 Å². The van der Waals surface area contributed by atoms with Crippen LogP contribution >= 0.6 is 0 Å². The van der Waals surface area contributed by atoms with Crippen LogP contribution in [0.4, 0.5) is 0 Å². The van der Waals surface area contributed by atoms with Crippen LogP contribution in [0.2, 0.25) is 0 Å². The van der Waals surface area contributed by atoms with Gasteiger partial charge in [0.05, 0.1) is 0 Å². The predicted molar refractivity (Wildman–Crippen MR) is 87.1 cm³/mol. The molecule has 0 spiro atoms. The van der Waals surface area contributed by atoms with Gasteiger partial charge in [0.15, 0.2) is 0 Å². The summed E-state index contributed by atoms with van der Waals surface area (Å²) in [6.07, 6.45) is 1.30. The van der Waals surface area contributed by atoms with Crippen LogP contribution in [0.15, 0.2) is 24.3 Å². The lowest BCUT2D eigenvalue weighted by molar-refractivity contribution is 0.265. The van der Waals surface area contributed by atoms with Gasteiger partial charge in [0.2, 0.25) is 0 Å². The molecule has 2 nitrogen and oxygen atoms in total. The van der Waals surface area contributed by atoms with Gasteiger partial charge in [-0.05, 0) is 42.0 Å². The molecule has 1 N–H and O–H groups in total. The Morgan fingerprint density at radius 2 is 1.85 bits per heavy atom. The van der Waals surface area contributed by atoms with Crippen molar-refractivity contribution in [3.63, 3.8) is 0 Å². The van der Waals surface area contributed by atoms with E-state index in [4.69, 9.17) is 0 Å². The molecule has 2 heteroatoms. The topological polar surface area (TPSA) is 15.3 Å². The first-order valence-corrected chi connectivity index (χ1v) is 7.79. The summed E-state index contributed by atoms with van der Waals surface area (Å²) >= 11 is 0. The number of nitrogens with zero attached hydrogens (tertiary/aromatic N) is 1. The van der Waals surface area contributed by atoms with Crippen LogP contribution in [0.1, 0.15) is 45.2 Å². The van der Waals surface area contributed by atoms with E-state index in [2.05, 4.69) is 69.2 Å². The van der Waals surface area contributed by atoms with E-state index in [1.54, 1.807) is 0 Å². The van der Waals surface area contributed by atoms with E-state index in [-0.39, 0.29) is 5.41 Å². The Morgan fingerprint density at radius 1 is 1.20 bits per heavy atom. The second-order valence-corrected chi connectivity index (χ2v) is 7.75. The van der Waals surface area contributed by atoms with Gasteiger partial charge in [-0.1, -0.05) is 52.0 Å². The molecule has 1 heterocycles. The molecule has 1 aliphatic heterocycles. The third-order valence-corrected chi connectivity index (χ3v) is 4.47. The van der Waals surface area contributed by atoms with Crippen LogP contribution in [-0.4, -0.2) is 31.6 Å². The van der Waals surface area contributed by atoms with Crippen molar-refractivity contribution < 1.29 is 0 Å². The molecule has 1 unspecified atom stereocenters. The first kappa shape index (κ1) is 15.5.